The molecule has 1 aliphatic carbocycles. The molecule has 0 saturated heterocycles. The van der Waals surface area contributed by atoms with Gasteiger partial charge in [0.15, 0.2) is 0 Å². The van der Waals surface area contributed by atoms with Gasteiger partial charge in [0, 0.05) is 13.6 Å². The highest BCUT2D eigenvalue weighted by molar-refractivity contribution is 7.89. The number of aryl methyl sites for hydroxylation is 1. The molecule has 0 aliphatic heterocycles. The van der Waals surface area contributed by atoms with E-state index in [4.69, 9.17) is 0 Å². The molecule has 0 bridgehead atoms. The Morgan fingerprint density at radius 2 is 1.95 bits per heavy atom. The van der Waals surface area contributed by atoms with Crippen molar-refractivity contribution >= 4 is 10.0 Å². The first-order valence-corrected chi connectivity index (χ1v) is 8.13. The van der Waals surface area contributed by atoms with E-state index in [0.29, 0.717) is 18.4 Å². The summed E-state index contributed by atoms with van der Waals surface area (Å²) in [5, 5.41) is 10.3. The second-order valence-corrected chi connectivity index (χ2v) is 7.64. The van der Waals surface area contributed by atoms with Crippen LogP contribution in [0, 0.1) is 12.7 Å². The highest BCUT2D eigenvalue weighted by Crippen LogP contribution is 2.31. The smallest absolute Gasteiger partial charge is 0.245 e. The zero-order valence-electron chi connectivity index (χ0n) is 11.8. The van der Waals surface area contributed by atoms with E-state index < -0.39 is 21.4 Å². The van der Waals surface area contributed by atoms with E-state index in [1.54, 1.807) is 6.92 Å². The van der Waals surface area contributed by atoms with Gasteiger partial charge in [-0.1, -0.05) is 18.9 Å². The van der Waals surface area contributed by atoms with E-state index in [-0.39, 0.29) is 11.4 Å². The van der Waals surface area contributed by atoms with Crippen LogP contribution >= 0.6 is 0 Å². The normalized spacial score (nSPS) is 18.6. The topological polar surface area (TPSA) is 57.6 Å². The lowest BCUT2D eigenvalue weighted by Gasteiger charge is -2.28. The molecule has 1 N–H and O–H groups in total. The molecule has 2 rings (SSSR count). The third-order valence-corrected chi connectivity index (χ3v) is 5.64. The molecule has 0 amide bonds. The van der Waals surface area contributed by atoms with Crippen LogP contribution < -0.4 is 0 Å². The molecular weight excluding hydrogens is 281 g/mol. The third kappa shape index (κ3) is 3.02. The summed E-state index contributed by atoms with van der Waals surface area (Å²) in [4.78, 5) is -0.332. The van der Waals surface area contributed by atoms with Gasteiger partial charge in [-0.3, -0.25) is 0 Å². The molecule has 112 valence electrons. The average molecular weight is 301 g/mol. The fraction of sp³-hybridized carbons (Fsp3) is 0.571. The SMILES string of the molecule is Cc1ccc(F)c(S(=O)(=O)N(C)CC2(O)CCCC2)c1. The number of halogens is 1. The molecule has 0 atom stereocenters. The van der Waals surface area contributed by atoms with Crippen LogP contribution in [0.2, 0.25) is 0 Å². The monoisotopic (exact) mass is 301 g/mol. The summed E-state index contributed by atoms with van der Waals surface area (Å²) < 4.78 is 39.6. The quantitative estimate of drug-likeness (QED) is 0.926. The van der Waals surface area contributed by atoms with Gasteiger partial charge in [-0.25, -0.2) is 12.8 Å². The van der Waals surface area contributed by atoms with Gasteiger partial charge in [-0.05, 0) is 37.5 Å². The number of benzene rings is 1. The first-order valence-electron chi connectivity index (χ1n) is 6.69. The summed E-state index contributed by atoms with van der Waals surface area (Å²) in [6, 6.07) is 4.00. The van der Waals surface area contributed by atoms with E-state index in [2.05, 4.69) is 0 Å². The standard InChI is InChI=1S/C14H20FNO3S/c1-11-5-6-12(15)13(9-11)20(18,19)16(2)10-14(17)7-3-4-8-14/h5-6,9,17H,3-4,7-8,10H2,1-2H3. The first-order chi connectivity index (χ1) is 9.24. The molecular formula is C14H20FNO3S. The summed E-state index contributed by atoms with van der Waals surface area (Å²) >= 11 is 0. The van der Waals surface area contributed by atoms with E-state index >= 15 is 0 Å². The van der Waals surface area contributed by atoms with Crippen LogP contribution in [0.4, 0.5) is 4.39 Å². The van der Waals surface area contributed by atoms with E-state index in [9.17, 15) is 17.9 Å². The molecule has 0 aromatic heterocycles. The third-order valence-electron chi connectivity index (χ3n) is 3.83. The highest BCUT2D eigenvalue weighted by atomic mass is 32.2. The van der Waals surface area contributed by atoms with Gasteiger partial charge in [0.25, 0.3) is 0 Å². The van der Waals surface area contributed by atoms with Gasteiger partial charge >= 0.3 is 0 Å². The molecule has 20 heavy (non-hydrogen) atoms. The predicted octanol–water partition coefficient (Wildman–Crippen LogP) is 2.06. The minimum absolute atomic E-state index is 0.00269. The van der Waals surface area contributed by atoms with E-state index in [0.717, 1.165) is 23.2 Å². The fourth-order valence-corrected chi connectivity index (χ4v) is 4.06. The number of likely N-dealkylation sites (N-methyl/N-ethyl adjacent to an activating group) is 1. The van der Waals surface area contributed by atoms with E-state index in [1.807, 2.05) is 0 Å². The van der Waals surface area contributed by atoms with Crippen molar-refractivity contribution in [3.63, 3.8) is 0 Å². The Morgan fingerprint density at radius 3 is 2.55 bits per heavy atom. The Labute approximate surface area is 119 Å². The predicted molar refractivity (Wildman–Crippen MR) is 74.4 cm³/mol. The molecule has 1 aromatic rings. The maximum absolute atomic E-state index is 13.8. The van der Waals surface area contributed by atoms with Crippen molar-refractivity contribution in [1.82, 2.24) is 4.31 Å². The summed E-state index contributed by atoms with van der Waals surface area (Å²) in [5.74, 6) is -0.763. The second kappa shape index (κ2) is 5.42. The lowest BCUT2D eigenvalue weighted by atomic mass is 10.0. The van der Waals surface area contributed by atoms with Crippen molar-refractivity contribution in [2.45, 2.75) is 43.1 Å². The molecule has 0 heterocycles. The van der Waals surface area contributed by atoms with Gasteiger partial charge in [-0.15, -0.1) is 0 Å². The van der Waals surface area contributed by atoms with Crippen LogP contribution in [0.5, 0.6) is 0 Å². The largest absolute Gasteiger partial charge is 0.389 e. The number of sulfonamides is 1. The lowest BCUT2D eigenvalue weighted by Crippen LogP contribution is -2.42. The van der Waals surface area contributed by atoms with Crippen molar-refractivity contribution in [1.29, 1.82) is 0 Å². The number of nitrogens with zero attached hydrogens (tertiary/aromatic N) is 1. The minimum atomic E-state index is -3.92. The van der Waals surface area contributed by atoms with Gasteiger partial charge in [0.1, 0.15) is 10.7 Å². The fourth-order valence-electron chi connectivity index (χ4n) is 2.67. The lowest BCUT2D eigenvalue weighted by molar-refractivity contribution is 0.0333. The van der Waals surface area contributed by atoms with Gasteiger partial charge in [0.2, 0.25) is 10.0 Å². The molecule has 0 unspecified atom stereocenters. The Morgan fingerprint density at radius 1 is 1.35 bits per heavy atom. The molecule has 6 heteroatoms. The summed E-state index contributed by atoms with van der Waals surface area (Å²) in [7, 11) is -2.54. The molecule has 1 fully saturated rings. The van der Waals surface area contributed by atoms with Gasteiger partial charge < -0.3 is 5.11 Å². The van der Waals surface area contributed by atoms with Crippen molar-refractivity contribution in [3.05, 3.63) is 29.6 Å². The Bertz CT molecular complexity index is 594. The van der Waals surface area contributed by atoms with Crippen molar-refractivity contribution in [3.8, 4) is 0 Å². The van der Waals surface area contributed by atoms with Crippen LogP contribution in [0.1, 0.15) is 31.2 Å². The Hall–Kier alpha value is -0.980. The summed E-state index contributed by atoms with van der Waals surface area (Å²) in [6.45, 7) is 1.71. The molecule has 1 aliphatic rings. The van der Waals surface area contributed by atoms with Crippen molar-refractivity contribution < 1.29 is 17.9 Å². The molecule has 0 radical (unpaired) electrons. The zero-order valence-corrected chi connectivity index (χ0v) is 12.6. The Balaban J connectivity index is 2.27. The molecule has 1 saturated carbocycles. The summed E-state index contributed by atoms with van der Waals surface area (Å²) in [6.07, 6.45) is 2.96. The van der Waals surface area contributed by atoms with Crippen LogP contribution in [0.25, 0.3) is 0 Å². The van der Waals surface area contributed by atoms with Crippen LogP contribution in [0.15, 0.2) is 23.1 Å². The Kier molecular flexibility index (Phi) is 4.18. The first kappa shape index (κ1) is 15.4. The second-order valence-electron chi connectivity index (χ2n) is 5.63. The van der Waals surface area contributed by atoms with Crippen LogP contribution in [-0.4, -0.2) is 37.0 Å². The van der Waals surface area contributed by atoms with E-state index in [1.165, 1.54) is 19.2 Å². The zero-order chi connectivity index (χ0) is 15.0. The number of aliphatic hydroxyl groups is 1. The van der Waals surface area contributed by atoms with Crippen molar-refractivity contribution in [2.75, 3.05) is 13.6 Å². The number of rotatable bonds is 4. The van der Waals surface area contributed by atoms with Crippen LogP contribution in [0.3, 0.4) is 0 Å². The number of hydrogen-bond acceptors (Lipinski definition) is 3. The highest BCUT2D eigenvalue weighted by Gasteiger charge is 2.36. The van der Waals surface area contributed by atoms with Gasteiger partial charge in [0.05, 0.1) is 5.60 Å². The molecule has 4 nitrogen and oxygen atoms in total. The van der Waals surface area contributed by atoms with Crippen LogP contribution in [-0.2, 0) is 10.0 Å². The minimum Gasteiger partial charge on any atom is -0.389 e. The molecule has 0 spiro atoms. The number of hydrogen-bond donors (Lipinski definition) is 1. The molecule has 1 aromatic carbocycles. The average Bonchev–Trinajstić information content (AvgIpc) is 2.78. The maximum atomic E-state index is 13.8. The maximum Gasteiger partial charge on any atom is 0.245 e. The summed E-state index contributed by atoms with van der Waals surface area (Å²) in [5.41, 5.74) is -0.305. The van der Waals surface area contributed by atoms with Crippen molar-refractivity contribution in [2.24, 2.45) is 0 Å². The van der Waals surface area contributed by atoms with Gasteiger partial charge in [-0.2, -0.15) is 4.31 Å².